The van der Waals surface area contributed by atoms with E-state index in [1.165, 1.54) is 0 Å². The van der Waals surface area contributed by atoms with Crippen LogP contribution in [0.3, 0.4) is 0 Å². The second kappa shape index (κ2) is 4.37. The summed E-state index contributed by atoms with van der Waals surface area (Å²) in [7, 11) is 0. The van der Waals surface area contributed by atoms with E-state index in [0.717, 1.165) is 26.2 Å². The standard InChI is InChI=1S/C11H22N2O2/c1-8-11(2,3-4-15-8)13-5-9-6-14-7-10(9)12/h8-10,13H,3-7,12H2,1-2H3. The molecule has 2 aliphatic heterocycles. The Morgan fingerprint density at radius 2 is 2.27 bits per heavy atom. The van der Waals surface area contributed by atoms with Crippen LogP contribution in [0.15, 0.2) is 0 Å². The van der Waals surface area contributed by atoms with Crippen LogP contribution in [-0.2, 0) is 9.47 Å². The maximum absolute atomic E-state index is 5.95. The fraction of sp³-hybridized carbons (Fsp3) is 1.00. The lowest BCUT2D eigenvalue weighted by molar-refractivity contribution is 0.0864. The van der Waals surface area contributed by atoms with Crippen molar-refractivity contribution in [2.45, 2.75) is 38.0 Å². The van der Waals surface area contributed by atoms with E-state index in [-0.39, 0.29) is 17.7 Å². The van der Waals surface area contributed by atoms with Crippen LogP contribution in [0.25, 0.3) is 0 Å². The third kappa shape index (κ3) is 2.33. The van der Waals surface area contributed by atoms with Crippen molar-refractivity contribution in [3.63, 3.8) is 0 Å². The molecule has 0 bridgehead atoms. The highest BCUT2D eigenvalue weighted by atomic mass is 16.5. The van der Waals surface area contributed by atoms with Gasteiger partial charge in [0.15, 0.2) is 0 Å². The van der Waals surface area contributed by atoms with Crippen molar-refractivity contribution < 1.29 is 9.47 Å². The van der Waals surface area contributed by atoms with Gasteiger partial charge >= 0.3 is 0 Å². The van der Waals surface area contributed by atoms with Crippen LogP contribution < -0.4 is 11.1 Å². The average molecular weight is 214 g/mol. The predicted octanol–water partition coefficient (Wildman–Crippen LogP) is 0.117. The van der Waals surface area contributed by atoms with E-state index < -0.39 is 0 Å². The van der Waals surface area contributed by atoms with Gasteiger partial charge in [0.1, 0.15) is 0 Å². The molecule has 4 heteroatoms. The van der Waals surface area contributed by atoms with E-state index in [1.54, 1.807) is 0 Å². The molecule has 3 N–H and O–H groups in total. The third-order valence-corrected chi connectivity index (χ3v) is 3.90. The van der Waals surface area contributed by atoms with Gasteiger partial charge in [-0.1, -0.05) is 0 Å². The molecule has 4 atom stereocenters. The second-order valence-corrected chi connectivity index (χ2v) is 5.02. The van der Waals surface area contributed by atoms with Crippen LogP contribution in [0.5, 0.6) is 0 Å². The van der Waals surface area contributed by atoms with Gasteiger partial charge in [0.25, 0.3) is 0 Å². The van der Waals surface area contributed by atoms with Crippen molar-refractivity contribution >= 4 is 0 Å². The molecule has 2 fully saturated rings. The first-order valence-corrected chi connectivity index (χ1v) is 5.82. The molecule has 4 unspecified atom stereocenters. The topological polar surface area (TPSA) is 56.5 Å². The Morgan fingerprint density at radius 3 is 2.80 bits per heavy atom. The molecular formula is C11H22N2O2. The number of ether oxygens (including phenoxy) is 2. The highest BCUT2D eigenvalue weighted by Crippen LogP contribution is 2.25. The Hall–Kier alpha value is -0.160. The zero-order chi connectivity index (χ0) is 10.9. The molecule has 0 aromatic rings. The minimum atomic E-state index is 0.113. The molecule has 88 valence electrons. The number of hydrogen-bond donors (Lipinski definition) is 2. The van der Waals surface area contributed by atoms with Gasteiger partial charge in [-0.25, -0.2) is 0 Å². The minimum Gasteiger partial charge on any atom is -0.379 e. The molecule has 2 heterocycles. The van der Waals surface area contributed by atoms with Gasteiger partial charge in [-0.2, -0.15) is 0 Å². The van der Waals surface area contributed by atoms with E-state index >= 15 is 0 Å². The zero-order valence-corrected chi connectivity index (χ0v) is 9.66. The molecule has 0 saturated carbocycles. The van der Waals surface area contributed by atoms with Crippen LogP contribution in [0.4, 0.5) is 0 Å². The van der Waals surface area contributed by atoms with Gasteiger partial charge in [-0.3, -0.25) is 0 Å². The maximum atomic E-state index is 5.95. The average Bonchev–Trinajstić information content (AvgIpc) is 2.73. The number of nitrogens with two attached hydrogens (primary N) is 1. The molecule has 0 radical (unpaired) electrons. The Balaban J connectivity index is 1.81. The lowest BCUT2D eigenvalue weighted by Gasteiger charge is -2.30. The minimum absolute atomic E-state index is 0.113. The Kier molecular flexibility index (Phi) is 3.30. The Labute approximate surface area is 91.5 Å². The summed E-state index contributed by atoms with van der Waals surface area (Å²) in [6.45, 7) is 7.65. The third-order valence-electron chi connectivity index (χ3n) is 3.90. The molecule has 0 spiro atoms. The number of hydrogen-bond acceptors (Lipinski definition) is 4. The first kappa shape index (κ1) is 11.3. The summed E-state index contributed by atoms with van der Waals surface area (Å²) >= 11 is 0. The van der Waals surface area contributed by atoms with E-state index in [9.17, 15) is 0 Å². The van der Waals surface area contributed by atoms with E-state index in [0.29, 0.717) is 12.5 Å². The molecule has 15 heavy (non-hydrogen) atoms. The summed E-state index contributed by atoms with van der Waals surface area (Å²) in [6.07, 6.45) is 1.37. The summed E-state index contributed by atoms with van der Waals surface area (Å²) in [5.41, 5.74) is 6.06. The summed E-state index contributed by atoms with van der Waals surface area (Å²) in [6, 6.07) is 0.193. The van der Waals surface area contributed by atoms with E-state index in [2.05, 4.69) is 19.2 Å². The second-order valence-electron chi connectivity index (χ2n) is 5.02. The van der Waals surface area contributed by atoms with Crippen molar-refractivity contribution in [3.05, 3.63) is 0 Å². The fourth-order valence-corrected chi connectivity index (χ4v) is 2.26. The molecule has 0 aromatic heterocycles. The quantitative estimate of drug-likeness (QED) is 0.700. The maximum Gasteiger partial charge on any atom is 0.0726 e. The highest BCUT2D eigenvalue weighted by molar-refractivity contribution is 4.95. The van der Waals surface area contributed by atoms with Crippen molar-refractivity contribution in [3.8, 4) is 0 Å². The van der Waals surface area contributed by atoms with Crippen LogP contribution in [0, 0.1) is 5.92 Å². The van der Waals surface area contributed by atoms with Crippen molar-refractivity contribution in [2.24, 2.45) is 11.7 Å². The Morgan fingerprint density at radius 1 is 1.47 bits per heavy atom. The van der Waals surface area contributed by atoms with Gasteiger partial charge in [-0.05, 0) is 20.3 Å². The normalized spacial score (nSPS) is 46.2. The van der Waals surface area contributed by atoms with Gasteiger partial charge < -0.3 is 20.5 Å². The molecule has 0 aliphatic carbocycles. The van der Waals surface area contributed by atoms with E-state index in [4.69, 9.17) is 15.2 Å². The molecular weight excluding hydrogens is 192 g/mol. The molecule has 2 rings (SSSR count). The van der Waals surface area contributed by atoms with Crippen LogP contribution in [0.1, 0.15) is 20.3 Å². The molecule has 0 amide bonds. The summed E-state index contributed by atoms with van der Waals surface area (Å²) < 4.78 is 10.9. The first-order chi connectivity index (χ1) is 7.12. The largest absolute Gasteiger partial charge is 0.379 e. The zero-order valence-electron chi connectivity index (χ0n) is 9.66. The fourth-order valence-electron chi connectivity index (χ4n) is 2.26. The van der Waals surface area contributed by atoms with Crippen LogP contribution >= 0.6 is 0 Å². The molecule has 2 aliphatic rings. The van der Waals surface area contributed by atoms with Crippen molar-refractivity contribution in [1.29, 1.82) is 0 Å². The predicted molar refractivity (Wildman–Crippen MR) is 58.7 cm³/mol. The molecule has 2 saturated heterocycles. The summed E-state index contributed by atoms with van der Waals surface area (Å²) in [4.78, 5) is 0. The van der Waals surface area contributed by atoms with Crippen molar-refractivity contribution in [2.75, 3.05) is 26.4 Å². The summed E-state index contributed by atoms with van der Waals surface area (Å²) in [5, 5.41) is 3.60. The summed E-state index contributed by atoms with van der Waals surface area (Å²) in [5.74, 6) is 0.453. The van der Waals surface area contributed by atoms with Gasteiger partial charge in [-0.15, -0.1) is 0 Å². The SMILES string of the molecule is CC1OCCC1(C)NCC1COCC1N. The molecule has 0 aromatic carbocycles. The van der Waals surface area contributed by atoms with Gasteiger partial charge in [0.2, 0.25) is 0 Å². The number of nitrogens with one attached hydrogen (secondary N) is 1. The number of rotatable bonds is 3. The monoisotopic (exact) mass is 214 g/mol. The lowest BCUT2D eigenvalue weighted by Crippen LogP contribution is -2.51. The smallest absolute Gasteiger partial charge is 0.0726 e. The molecule has 4 nitrogen and oxygen atoms in total. The highest BCUT2D eigenvalue weighted by Gasteiger charge is 2.37. The first-order valence-electron chi connectivity index (χ1n) is 5.82. The Bertz CT molecular complexity index is 225. The van der Waals surface area contributed by atoms with E-state index in [1.807, 2.05) is 0 Å². The van der Waals surface area contributed by atoms with Gasteiger partial charge in [0, 0.05) is 30.7 Å². The van der Waals surface area contributed by atoms with Crippen LogP contribution in [0.2, 0.25) is 0 Å². The van der Waals surface area contributed by atoms with Crippen LogP contribution in [-0.4, -0.2) is 44.1 Å². The lowest BCUT2D eigenvalue weighted by atomic mass is 9.93. The van der Waals surface area contributed by atoms with Crippen molar-refractivity contribution in [1.82, 2.24) is 5.32 Å². The van der Waals surface area contributed by atoms with Gasteiger partial charge in [0.05, 0.1) is 19.3 Å².